The molecule has 0 saturated heterocycles. The van der Waals surface area contributed by atoms with Crippen LogP contribution in [0.15, 0.2) is 84.6 Å². The van der Waals surface area contributed by atoms with Gasteiger partial charge in [-0.1, -0.05) is 269 Å². The minimum atomic E-state index is -4.68. The van der Waals surface area contributed by atoms with Crippen LogP contribution in [-0.2, 0) is 53.0 Å². The molecular weight excluding hydrogens is 1180 g/mol. The number of carbonyl (C=O) groups excluding carboxylic acids is 4. The standard InChI is InChI=1S/C76H123N4O11P/c1-8-10-12-14-16-18-20-22-24-26-28-30-32-34-41-55-72(82)88-62-64(91-73(83)56-42-35-33-31-29-27-25-23-21-19-17-15-13-11-9-2)63-90-92(85,86)89-61-58-78-74(84)87-60-57-77-71(81)54-40-37-47-59-80-68-51-46-44-49-66(68)76(5,6)70(80)53-39-36-38-52-69-75(3,4)65-48-43-45-50-67(65)79(69)7/h36,38-39,43-46,48-53,64H,8-35,37,40-42,47,54-63H2,1-7H3,(H2-,77,78,81,84,85,86)/p+1/t64-/m1/s1. The van der Waals surface area contributed by atoms with Crippen molar-refractivity contribution < 1.29 is 56.5 Å². The number of esters is 2. The van der Waals surface area contributed by atoms with E-state index in [1.807, 2.05) is 0 Å². The molecule has 2 aromatic rings. The largest absolute Gasteiger partial charge is 0.472 e. The van der Waals surface area contributed by atoms with E-state index >= 15 is 0 Å². The molecule has 2 aliphatic rings. The second-order valence-electron chi connectivity index (χ2n) is 26.7. The lowest BCUT2D eigenvalue weighted by Crippen LogP contribution is -2.32. The van der Waals surface area contributed by atoms with Crippen molar-refractivity contribution in [2.24, 2.45) is 0 Å². The van der Waals surface area contributed by atoms with Crippen molar-refractivity contribution in [3.8, 4) is 0 Å². The second kappa shape index (κ2) is 46.9. The highest BCUT2D eigenvalue weighted by Crippen LogP contribution is 2.48. The van der Waals surface area contributed by atoms with Gasteiger partial charge in [-0.3, -0.25) is 23.4 Å². The van der Waals surface area contributed by atoms with Crippen LogP contribution in [0.2, 0.25) is 0 Å². The first-order valence-electron chi connectivity index (χ1n) is 36.3. The van der Waals surface area contributed by atoms with E-state index in [1.54, 1.807) is 0 Å². The van der Waals surface area contributed by atoms with Gasteiger partial charge in [0.15, 0.2) is 11.8 Å². The molecule has 3 N–H and O–H groups in total. The molecule has 0 radical (unpaired) electrons. The molecule has 92 heavy (non-hydrogen) atoms. The summed E-state index contributed by atoms with van der Waals surface area (Å²) in [5.74, 6) is -1.06. The number of carbonyl (C=O) groups is 4. The molecule has 15 nitrogen and oxygen atoms in total. The van der Waals surface area contributed by atoms with E-state index < -0.39 is 45.2 Å². The summed E-state index contributed by atoms with van der Waals surface area (Å²) in [6.45, 7) is 13.0. The lowest BCUT2D eigenvalue weighted by molar-refractivity contribution is -0.401. The van der Waals surface area contributed by atoms with Crippen LogP contribution in [0.25, 0.3) is 0 Å². The van der Waals surface area contributed by atoms with Crippen molar-refractivity contribution in [2.75, 3.05) is 58.0 Å². The Labute approximate surface area is 556 Å². The fraction of sp³-hybridized carbons (Fsp3) is 0.697. The van der Waals surface area contributed by atoms with Crippen LogP contribution < -0.4 is 15.5 Å². The van der Waals surface area contributed by atoms with E-state index in [9.17, 15) is 28.6 Å². The van der Waals surface area contributed by atoms with Gasteiger partial charge in [-0.2, -0.15) is 4.58 Å². The maximum atomic E-state index is 13.0. The SMILES string of the molecule is CCCCCCCCCCCCCCCCCC(=O)OC[C@H](COP(=O)(O)OCCNC(=O)OCCNC(=O)CCCCCN1C(=CC=CC=CC2=[N+](C)c3ccccc3C2(C)C)C(C)(C)c2ccccc21)OC(=O)CCCCCCCCCCCCCCCCC. The van der Waals surface area contributed by atoms with Crippen LogP contribution >= 0.6 is 7.82 Å². The highest BCUT2D eigenvalue weighted by Gasteiger charge is 2.43. The summed E-state index contributed by atoms with van der Waals surface area (Å²) >= 11 is 0. The lowest BCUT2D eigenvalue weighted by Gasteiger charge is -2.27. The number of benzene rings is 2. The number of nitrogens with one attached hydrogen (secondary N) is 2. The third-order valence-corrected chi connectivity index (χ3v) is 19.1. The first kappa shape index (κ1) is 79.4. The van der Waals surface area contributed by atoms with Crippen LogP contribution in [0, 0.1) is 0 Å². The van der Waals surface area contributed by atoms with Crippen molar-refractivity contribution in [3.63, 3.8) is 0 Å². The Hall–Kier alpha value is -5.08. The Morgan fingerprint density at radius 3 is 1.60 bits per heavy atom. The fourth-order valence-corrected chi connectivity index (χ4v) is 13.4. The minimum absolute atomic E-state index is 0.0736. The third-order valence-electron chi connectivity index (χ3n) is 18.2. The number of para-hydroxylation sites is 2. The molecular formula is C76H124N4O11P+. The van der Waals surface area contributed by atoms with Gasteiger partial charge >= 0.3 is 25.9 Å². The highest BCUT2D eigenvalue weighted by atomic mass is 31.2. The van der Waals surface area contributed by atoms with Crippen LogP contribution in [-0.4, -0.2) is 98.3 Å². The highest BCUT2D eigenvalue weighted by molar-refractivity contribution is 7.47. The molecule has 16 heteroatoms. The van der Waals surface area contributed by atoms with Gasteiger partial charge in [0.25, 0.3) is 0 Å². The predicted octanol–water partition coefficient (Wildman–Crippen LogP) is 19.0. The Morgan fingerprint density at radius 2 is 1.03 bits per heavy atom. The summed E-state index contributed by atoms with van der Waals surface area (Å²) in [5.41, 5.74) is 7.30. The van der Waals surface area contributed by atoms with Gasteiger partial charge in [0.2, 0.25) is 11.6 Å². The Balaban J connectivity index is 1.09. The van der Waals surface area contributed by atoms with Crippen LogP contribution in [0.4, 0.5) is 16.2 Å². The molecule has 0 bridgehead atoms. The Bertz CT molecular complexity index is 2590. The molecule has 0 aliphatic carbocycles. The van der Waals surface area contributed by atoms with E-state index in [0.29, 0.717) is 25.7 Å². The zero-order valence-electron chi connectivity index (χ0n) is 58.4. The van der Waals surface area contributed by atoms with Gasteiger partial charge in [0.1, 0.15) is 20.3 Å². The van der Waals surface area contributed by atoms with Crippen molar-refractivity contribution >= 4 is 48.8 Å². The van der Waals surface area contributed by atoms with Crippen LogP contribution in [0.1, 0.15) is 284 Å². The molecule has 2 amide bonds. The summed E-state index contributed by atoms with van der Waals surface area (Å²) in [5, 5.41) is 5.27. The fourth-order valence-electron chi connectivity index (χ4n) is 12.7. The summed E-state index contributed by atoms with van der Waals surface area (Å²) in [6, 6.07) is 17.2. The van der Waals surface area contributed by atoms with Gasteiger partial charge in [-0.25, -0.2) is 9.36 Å². The average Bonchev–Trinajstić information content (AvgIpc) is 1.62. The number of hydrogen-bond acceptors (Lipinski definition) is 11. The number of unbranched alkanes of at least 4 members (excludes halogenated alkanes) is 30. The summed E-state index contributed by atoms with van der Waals surface area (Å²) in [6.07, 6.45) is 48.5. The minimum Gasteiger partial charge on any atom is -0.462 e. The zero-order valence-corrected chi connectivity index (χ0v) is 59.3. The quantitative estimate of drug-likeness (QED) is 0.0143. The van der Waals surface area contributed by atoms with Crippen LogP contribution in [0.3, 0.4) is 0 Å². The van der Waals surface area contributed by atoms with Crippen molar-refractivity contribution in [1.29, 1.82) is 0 Å². The molecule has 2 aromatic carbocycles. The number of hydrogen-bond donors (Lipinski definition) is 3. The molecule has 2 aliphatic heterocycles. The molecule has 0 saturated carbocycles. The number of nitrogens with zero attached hydrogens (tertiary/aromatic N) is 2. The van der Waals surface area contributed by atoms with Gasteiger partial charge < -0.3 is 34.6 Å². The van der Waals surface area contributed by atoms with E-state index in [1.165, 1.54) is 175 Å². The van der Waals surface area contributed by atoms with E-state index in [0.717, 1.165) is 57.9 Å². The topological polar surface area (TPSA) is 182 Å². The molecule has 0 spiro atoms. The number of allylic oxidation sites excluding steroid dienone is 6. The number of ether oxygens (including phenoxy) is 3. The lowest BCUT2D eigenvalue weighted by atomic mass is 9.81. The summed E-state index contributed by atoms with van der Waals surface area (Å²) < 4.78 is 41.8. The molecule has 1 unspecified atom stereocenters. The molecule has 518 valence electrons. The number of amides is 2. The summed E-state index contributed by atoms with van der Waals surface area (Å²) in [4.78, 5) is 63.8. The van der Waals surface area contributed by atoms with Crippen molar-refractivity contribution in [3.05, 3.63) is 95.7 Å². The van der Waals surface area contributed by atoms with Gasteiger partial charge in [-0.15, -0.1) is 0 Å². The third kappa shape index (κ3) is 31.9. The van der Waals surface area contributed by atoms with E-state index in [-0.39, 0.29) is 55.9 Å². The van der Waals surface area contributed by atoms with E-state index in [4.69, 9.17) is 23.3 Å². The second-order valence-corrected chi connectivity index (χ2v) is 28.1. The first-order valence-corrected chi connectivity index (χ1v) is 37.8. The maximum absolute atomic E-state index is 13.0. The monoisotopic (exact) mass is 1300 g/mol. The number of anilines is 1. The number of alkyl carbamates (subject to hydrolysis) is 1. The van der Waals surface area contributed by atoms with Gasteiger partial charge in [0, 0.05) is 66.9 Å². The predicted molar refractivity (Wildman–Crippen MR) is 376 cm³/mol. The molecule has 2 heterocycles. The summed E-state index contributed by atoms with van der Waals surface area (Å²) in [7, 11) is -2.55. The molecule has 4 rings (SSSR count). The average molecular weight is 1300 g/mol. The normalized spacial score (nSPS) is 15.5. The number of rotatable bonds is 54. The first-order chi connectivity index (χ1) is 44.5. The Morgan fingerprint density at radius 1 is 0.543 bits per heavy atom. The van der Waals surface area contributed by atoms with E-state index in [2.05, 4.69) is 148 Å². The number of phosphoric ester groups is 1. The number of fused-ring (bicyclic) bond motifs is 2. The number of phosphoric acid groups is 1. The maximum Gasteiger partial charge on any atom is 0.472 e. The zero-order chi connectivity index (χ0) is 66.6. The molecule has 0 fully saturated rings. The Kier molecular flexibility index (Phi) is 40.5. The smallest absolute Gasteiger partial charge is 0.462 e. The molecule has 2 atom stereocenters. The van der Waals surface area contributed by atoms with Gasteiger partial charge in [0.05, 0.1) is 25.2 Å². The van der Waals surface area contributed by atoms with Crippen molar-refractivity contribution in [1.82, 2.24) is 10.6 Å². The molecule has 0 aromatic heterocycles. The van der Waals surface area contributed by atoms with Gasteiger partial charge in [-0.05, 0) is 57.2 Å². The van der Waals surface area contributed by atoms with Crippen molar-refractivity contribution in [2.45, 2.75) is 290 Å². The van der Waals surface area contributed by atoms with Crippen LogP contribution in [0.5, 0.6) is 0 Å².